The Labute approximate surface area is 152 Å². The van der Waals surface area contributed by atoms with Crippen LogP contribution in [-0.2, 0) is 16.4 Å². The molecule has 1 amide bonds. The summed E-state index contributed by atoms with van der Waals surface area (Å²) in [5.41, 5.74) is 3.33. The highest BCUT2D eigenvalue weighted by atomic mass is 32.2. The molecule has 0 bridgehead atoms. The molecule has 0 aliphatic rings. The lowest BCUT2D eigenvalue weighted by Gasteiger charge is -2.25. The van der Waals surface area contributed by atoms with E-state index in [1.807, 2.05) is 19.1 Å². The Balaban J connectivity index is 0.00000312. The number of hydrogen-bond donors (Lipinski definition) is 1. The molecule has 6 nitrogen and oxygen atoms in total. The molecule has 0 spiro atoms. The third kappa shape index (κ3) is 4.35. The van der Waals surface area contributed by atoms with E-state index in [1.54, 1.807) is 19.9 Å². The third-order valence-electron chi connectivity index (χ3n) is 4.44. The summed E-state index contributed by atoms with van der Waals surface area (Å²) < 4.78 is 19.9. The molecule has 0 saturated carbocycles. The average molecular weight is 368 g/mol. The minimum atomic E-state index is -1.69. The van der Waals surface area contributed by atoms with E-state index in [9.17, 15) is 9.00 Å². The van der Waals surface area contributed by atoms with Crippen molar-refractivity contribution in [2.75, 3.05) is 0 Å². The molecule has 3 N–H and O–H groups in total. The van der Waals surface area contributed by atoms with Crippen molar-refractivity contribution in [1.29, 1.82) is 0 Å². The van der Waals surface area contributed by atoms with E-state index >= 15 is 0 Å². The molecule has 25 heavy (non-hydrogen) atoms. The summed E-state index contributed by atoms with van der Waals surface area (Å²) in [6.45, 7) is 11.9. The second-order valence-corrected chi connectivity index (χ2v) is 7.77. The standard InChI is InChI=1S/C18H24N2O3S.H2O.H2/c1-7-18(5,6)15-9-8-14(10-11(15)2)17(21)20-24(22)16-12(3)19-23-13(16)4;;/h8-10H,7H2,1-6H3,(H,20,21);1H2;1H. The Hall–Kier alpha value is -1.99. The predicted molar refractivity (Wildman–Crippen MR) is 100 cm³/mol. The van der Waals surface area contributed by atoms with Crippen LogP contribution in [-0.4, -0.2) is 20.7 Å². The molecule has 1 aromatic heterocycles. The first-order chi connectivity index (χ1) is 11.2. The fraction of sp³-hybridized carbons (Fsp3) is 0.444. The van der Waals surface area contributed by atoms with Gasteiger partial charge in [-0.1, -0.05) is 32.0 Å². The number of nitrogens with one attached hydrogen (secondary N) is 1. The molecular weight excluding hydrogens is 340 g/mol. The highest BCUT2D eigenvalue weighted by Crippen LogP contribution is 2.29. The molecule has 0 aliphatic heterocycles. The Morgan fingerprint density at radius 1 is 1.32 bits per heavy atom. The van der Waals surface area contributed by atoms with Gasteiger partial charge in [-0.25, -0.2) is 4.21 Å². The van der Waals surface area contributed by atoms with Gasteiger partial charge in [-0.05, 0) is 55.9 Å². The Kier molecular flexibility index (Phi) is 6.68. The molecule has 0 fully saturated rings. The molecule has 0 saturated heterocycles. The number of benzene rings is 1. The lowest BCUT2D eigenvalue weighted by atomic mass is 9.79. The SMILES string of the molecule is CCC(C)(C)c1ccc(C(=O)NS(=O)c2c(C)noc2C)cc1C.O.[HH]. The first-order valence-corrected chi connectivity index (χ1v) is 9.09. The minimum absolute atomic E-state index is 0. The van der Waals surface area contributed by atoms with Crippen molar-refractivity contribution in [3.63, 3.8) is 0 Å². The van der Waals surface area contributed by atoms with E-state index in [0.717, 1.165) is 12.0 Å². The van der Waals surface area contributed by atoms with Crippen LogP contribution in [0.2, 0.25) is 0 Å². The number of nitrogens with zero attached hydrogens (tertiary/aromatic N) is 1. The molecule has 1 heterocycles. The normalized spacial score (nSPS) is 12.4. The van der Waals surface area contributed by atoms with E-state index < -0.39 is 11.0 Å². The number of carbonyl (C=O) groups is 1. The van der Waals surface area contributed by atoms with Crippen LogP contribution in [0.1, 0.15) is 61.6 Å². The third-order valence-corrected chi connectivity index (χ3v) is 5.76. The van der Waals surface area contributed by atoms with Gasteiger partial charge in [0.15, 0.2) is 16.7 Å². The van der Waals surface area contributed by atoms with Gasteiger partial charge in [0.25, 0.3) is 5.91 Å². The Bertz CT molecular complexity index is 783. The summed E-state index contributed by atoms with van der Waals surface area (Å²) >= 11 is 0. The second kappa shape index (κ2) is 7.93. The first-order valence-electron chi connectivity index (χ1n) is 7.94. The van der Waals surface area contributed by atoms with Crippen LogP contribution in [0.4, 0.5) is 0 Å². The van der Waals surface area contributed by atoms with Gasteiger partial charge in [0.1, 0.15) is 4.90 Å². The van der Waals surface area contributed by atoms with Gasteiger partial charge in [0.2, 0.25) is 0 Å². The van der Waals surface area contributed by atoms with Crippen molar-refractivity contribution < 1.29 is 20.4 Å². The fourth-order valence-electron chi connectivity index (χ4n) is 2.69. The minimum Gasteiger partial charge on any atom is -0.412 e. The average Bonchev–Trinajstić information content (AvgIpc) is 2.85. The van der Waals surface area contributed by atoms with Crippen molar-refractivity contribution in [3.05, 3.63) is 46.3 Å². The monoisotopic (exact) mass is 368 g/mol. The van der Waals surface area contributed by atoms with Crippen LogP contribution in [0.15, 0.2) is 27.6 Å². The highest BCUT2D eigenvalue weighted by Gasteiger charge is 2.22. The van der Waals surface area contributed by atoms with Crippen LogP contribution in [0.25, 0.3) is 0 Å². The van der Waals surface area contributed by atoms with Gasteiger partial charge in [-0.2, -0.15) is 0 Å². The zero-order valence-electron chi connectivity index (χ0n) is 15.5. The summed E-state index contributed by atoms with van der Waals surface area (Å²) in [4.78, 5) is 12.8. The number of carbonyl (C=O) groups excluding carboxylic acids is 1. The van der Waals surface area contributed by atoms with E-state index in [2.05, 4.69) is 30.6 Å². The number of amides is 1. The summed E-state index contributed by atoms with van der Waals surface area (Å²) in [7, 11) is -1.69. The van der Waals surface area contributed by atoms with Gasteiger partial charge in [-0.15, -0.1) is 0 Å². The van der Waals surface area contributed by atoms with Crippen molar-refractivity contribution in [2.24, 2.45) is 0 Å². The molecule has 1 aromatic carbocycles. The van der Waals surface area contributed by atoms with E-state index in [4.69, 9.17) is 4.52 Å². The van der Waals surface area contributed by atoms with E-state index in [-0.39, 0.29) is 18.2 Å². The molecule has 1 atom stereocenters. The summed E-state index contributed by atoms with van der Waals surface area (Å²) in [5, 5.41) is 3.76. The maximum Gasteiger partial charge on any atom is 0.263 e. The number of aryl methyl sites for hydroxylation is 3. The smallest absolute Gasteiger partial charge is 0.263 e. The van der Waals surface area contributed by atoms with Crippen LogP contribution in [0.5, 0.6) is 0 Å². The maximum atomic E-state index is 12.4. The molecule has 2 aromatic rings. The summed E-state index contributed by atoms with van der Waals surface area (Å²) in [6, 6.07) is 5.60. The van der Waals surface area contributed by atoms with Crippen LogP contribution in [0, 0.1) is 20.8 Å². The van der Waals surface area contributed by atoms with Crippen molar-refractivity contribution in [3.8, 4) is 0 Å². The zero-order chi connectivity index (χ0) is 18.1. The molecule has 7 heteroatoms. The lowest BCUT2D eigenvalue weighted by Crippen LogP contribution is -2.27. The molecule has 1 unspecified atom stereocenters. The van der Waals surface area contributed by atoms with Crippen molar-refractivity contribution >= 4 is 16.9 Å². The Morgan fingerprint density at radius 2 is 1.96 bits per heavy atom. The number of hydrogen-bond acceptors (Lipinski definition) is 4. The summed E-state index contributed by atoms with van der Waals surface area (Å²) in [5.74, 6) is 0.0691. The maximum absolute atomic E-state index is 12.4. The van der Waals surface area contributed by atoms with Crippen molar-refractivity contribution in [1.82, 2.24) is 9.88 Å². The quantitative estimate of drug-likeness (QED) is 0.875. The molecular formula is C18H28N2O4S. The second-order valence-electron chi connectivity index (χ2n) is 6.62. The van der Waals surface area contributed by atoms with Crippen LogP contribution >= 0.6 is 0 Å². The van der Waals surface area contributed by atoms with Gasteiger partial charge < -0.3 is 10.00 Å². The predicted octanol–water partition coefficient (Wildman–Crippen LogP) is 3.16. The van der Waals surface area contributed by atoms with Crippen LogP contribution in [0.3, 0.4) is 0 Å². The largest absolute Gasteiger partial charge is 0.412 e. The van der Waals surface area contributed by atoms with Gasteiger partial charge >= 0.3 is 0 Å². The van der Waals surface area contributed by atoms with Gasteiger partial charge in [0.05, 0.1) is 5.69 Å². The van der Waals surface area contributed by atoms with Crippen LogP contribution < -0.4 is 4.72 Å². The lowest BCUT2D eigenvalue weighted by molar-refractivity contribution is 0.0982. The highest BCUT2D eigenvalue weighted by molar-refractivity contribution is 7.83. The van der Waals surface area contributed by atoms with Gasteiger partial charge in [0, 0.05) is 6.99 Å². The van der Waals surface area contributed by atoms with Gasteiger partial charge in [-0.3, -0.25) is 9.52 Å². The van der Waals surface area contributed by atoms with E-state index in [1.165, 1.54) is 5.56 Å². The summed E-state index contributed by atoms with van der Waals surface area (Å²) in [6.07, 6.45) is 1.01. The topological polar surface area (TPSA) is 104 Å². The number of aromatic nitrogens is 1. The molecule has 2 rings (SSSR count). The first kappa shape index (κ1) is 21.1. The number of rotatable bonds is 5. The fourth-order valence-corrected chi connectivity index (χ4v) is 3.68. The Morgan fingerprint density at radius 3 is 2.44 bits per heavy atom. The zero-order valence-corrected chi connectivity index (χ0v) is 16.3. The molecule has 0 radical (unpaired) electrons. The van der Waals surface area contributed by atoms with Crippen molar-refractivity contribution in [2.45, 2.75) is 58.3 Å². The molecule has 140 valence electrons. The van der Waals surface area contributed by atoms with E-state index in [0.29, 0.717) is 21.9 Å². The molecule has 0 aliphatic carbocycles.